The number of amides is 1. The number of rotatable bonds is 5. The zero-order valence-corrected chi connectivity index (χ0v) is 13.4. The molecule has 0 spiro atoms. The van der Waals surface area contributed by atoms with Crippen molar-refractivity contribution in [2.45, 2.75) is 13.8 Å². The third-order valence-corrected chi connectivity index (χ3v) is 3.81. The van der Waals surface area contributed by atoms with Crippen LogP contribution in [-0.4, -0.2) is 29.7 Å². The highest BCUT2D eigenvalue weighted by Gasteiger charge is 2.20. The molecule has 4 heteroatoms. The van der Waals surface area contributed by atoms with E-state index in [1.807, 2.05) is 13.8 Å². The lowest BCUT2D eigenvalue weighted by atomic mass is 9.97. The highest BCUT2D eigenvalue weighted by atomic mass is 35.5. The highest BCUT2D eigenvalue weighted by Crippen LogP contribution is 2.18. The fraction of sp³-hybridized carbons (Fsp3) is 0.222. The molecular weight excluding hydrogens is 298 g/mol. The average molecular weight is 316 g/mol. The van der Waals surface area contributed by atoms with E-state index in [1.165, 1.54) is 0 Å². The van der Waals surface area contributed by atoms with Crippen molar-refractivity contribution in [3.05, 3.63) is 70.2 Å². The van der Waals surface area contributed by atoms with Crippen molar-refractivity contribution in [1.29, 1.82) is 0 Å². The first kappa shape index (κ1) is 16.2. The van der Waals surface area contributed by atoms with Crippen molar-refractivity contribution < 1.29 is 9.59 Å². The van der Waals surface area contributed by atoms with E-state index in [2.05, 4.69) is 0 Å². The molecule has 2 rings (SSSR count). The van der Waals surface area contributed by atoms with Crippen molar-refractivity contribution in [3.8, 4) is 0 Å². The van der Waals surface area contributed by atoms with Gasteiger partial charge >= 0.3 is 0 Å². The van der Waals surface area contributed by atoms with E-state index < -0.39 is 0 Å². The maximum absolute atomic E-state index is 12.7. The topological polar surface area (TPSA) is 37.4 Å². The van der Waals surface area contributed by atoms with Gasteiger partial charge in [0.1, 0.15) is 0 Å². The summed E-state index contributed by atoms with van der Waals surface area (Å²) in [6.07, 6.45) is 0. The van der Waals surface area contributed by atoms with E-state index in [4.69, 9.17) is 11.6 Å². The Balaban J connectivity index is 2.42. The minimum absolute atomic E-state index is 0.122. The summed E-state index contributed by atoms with van der Waals surface area (Å²) in [5, 5.41) is 0.573. The smallest absolute Gasteiger partial charge is 0.254 e. The lowest BCUT2D eigenvalue weighted by Gasteiger charge is -2.20. The van der Waals surface area contributed by atoms with Gasteiger partial charge in [-0.15, -0.1) is 0 Å². The minimum Gasteiger partial charge on any atom is -0.339 e. The second-order valence-corrected chi connectivity index (χ2v) is 5.30. The Kier molecular flexibility index (Phi) is 5.34. The summed E-state index contributed by atoms with van der Waals surface area (Å²) in [6, 6.07) is 13.6. The van der Waals surface area contributed by atoms with Gasteiger partial charge in [0.25, 0.3) is 5.91 Å². The molecule has 114 valence electrons. The number of hydrogen-bond acceptors (Lipinski definition) is 2. The van der Waals surface area contributed by atoms with Crippen molar-refractivity contribution in [1.82, 2.24) is 4.90 Å². The molecule has 3 nitrogen and oxygen atoms in total. The Hall–Kier alpha value is -2.13. The molecular formula is C18H18ClNO2. The van der Waals surface area contributed by atoms with Crippen LogP contribution in [0.25, 0.3) is 0 Å². The first-order valence-electron chi connectivity index (χ1n) is 7.27. The minimum atomic E-state index is -0.173. The first-order chi connectivity index (χ1) is 10.6. The van der Waals surface area contributed by atoms with E-state index in [0.29, 0.717) is 34.8 Å². The van der Waals surface area contributed by atoms with Gasteiger partial charge in [0.15, 0.2) is 5.78 Å². The zero-order valence-electron chi connectivity index (χ0n) is 12.7. The maximum Gasteiger partial charge on any atom is 0.254 e. The van der Waals surface area contributed by atoms with E-state index in [9.17, 15) is 9.59 Å². The number of carbonyl (C=O) groups is 2. The molecule has 22 heavy (non-hydrogen) atoms. The summed E-state index contributed by atoms with van der Waals surface area (Å²) in [6.45, 7) is 5.06. The van der Waals surface area contributed by atoms with Gasteiger partial charge in [-0.05, 0) is 44.2 Å². The van der Waals surface area contributed by atoms with Crippen LogP contribution in [0.2, 0.25) is 5.02 Å². The van der Waals surface area contributed by atoms with Gasteiger partial charge < -0.3 is 4.90 Å². The molecule has 0 radical (unpaired) electrons. The Labute approximate surface area is 135 Å². The van der Waals surface area contributed by atoms with Crippen LogP contribution in [-0.2, 0) is 0 Å². The van der Waals surface area contributed by atoms with Crippen LogP contribution < -0.4 is 0 Å². The average Bonchev–Trinajstić information content (AvgIpc) is 2.56. The molecule has 0 aliphatic heterocycles. The number of carbonyl (C=O) groups excluding carboxylic acids is 2. The molecule has 0 aliphatic rings. The summed E-state index contributed by atoms with van der Waals surface area (Å²) < 4.78 is 0. The van der Waals surface area contributed by atoms with Crippen LogP contribution in [0, 0.1) is 0 Å². The van der Waals surface area contributed by atoms with Crippen LogP contribution in [0.3, 0.4) is 0 Å². The van der Waals surface area contributed by atoms with Crippen molar-refractivity contribution in [2.24, 2.45) is 0 Å². The zero-order chi connectivity index (χ0) is 16.1. The van der Waals surface area contributed by atoms with Gasteiger partial charge in [0.2, 0.25) is 0 Å². The van der Waals surface area contributed by atoms with Crippen LogP contribution >= 0.6 is 11.6 Å². The van der Waals surface area contributed by atoms with E-state index in [1.54, 1.807) is 53.4 Å². The van der Waals surface area contributed by atoms with Gasteiger partial charge in [-0.2, -0.15) is 0 Å². The molecule has 0 aromatic heterocycles. The molecule has 2 aromatic rings. The lowest BCUT2D eigenvalue weighted by Crippen LogP contribution is -2.31. The molecule has 0 saturated heterocycles. The monoisotopic (exact) mass is 315 g/mol. The van der Waals surface area contributed by atoms with Crippen molar-refractivity contribution >= 4 is 23.3 Å². The molecule has 0 bridgehead atoms. The Morgan fingerprint density at radius 3 is 2.00 bits per heavy atom. The van der Waals surface area contributed by atoms with Crippen molar-refractivity contribution in [2.75, 3.05) is 13.1 Å². The first-order valence-corrected chi connectivity index (χ1v) is 7.64. The van der Waals surface area contributed by atoms with Gasteiger partial charge in [-0.1, -0.05) is 29.8 Å². The number of ketones is 1. The third-order valence-electron chi connectivity index (χ3n) is 3.56. The highest BCUT2D eigenvalue weighted by molar-refractivity contribution is 6.30. The quantitative estimate of drug-likeness (QED) is 0.780. The molecule has 0 aliphatic carbocycles. The van der Waals surface area contributed by atoms with Crippen LogP contribution in [0.1, 0.15) is 40.1 Å². The SMILES string of the molecule is CCN(CC)C(=O)c1ccccc1C(=O)c1ccc(Cl)cc1. The molecule has 2 aromatic carbocycles. The standard InChI is InChI=1S/C18H18ClNO2/c1-3-20(4-2)18(22)16-8-6-5-7-15(16)17(21)13-9-11-14(19)12-10-13/h5-12H,3-4H2,1-2H3. The van der Waals surface area contributed by atoms with Crippen molar-refractivity contribution in [3.63, 3.8) is 0 Å². The molecule has 0 fully saturated rings. The summed E-state index contributed by atoms with van der Waals surface area (Å²) in [5.74, 6) is -0.296. The summed E-state index contributed by atoms with van der Waals surface area (Å²) in [4.78, 5) is 26.9. The summed E-state index contributed by atoms with van der Waals surface area (Å²) in [5.41, 5.74) is 1.37. The molecule has 0 saturated carbocycles. The van der Waals surface area contributed by atoms with E-state index in [0.717, 1.165) is 0 Å². The van der Waals surface area contributed by atoms with Gasteiger partial charge in [-0.25, -0.2) is 0 Å². The Bertz CT molecular complexity index is 676. The predicted molar refractivity (Wildman–Crippen MR) is 88.6 cm³/mol. The van der Waals surface area contributed by atoms with Crippen LogP contribution in [0.5, 0.6) is 0 Å². The van der Waals surface area contributed by atoms with Crippen LogP contribution in [0.4, 0.5) is 0 Å². The predicted octanol–water partition coefficient (Wildman–Crippen LogP) is 4.05. The third kappa shape index (κ3) is 3.37. The summed E-state index contributed by atoms with van der Waals surface area (Å²) >= 11 is 5.85. The lowest BCUT2D eigenvalue weighted by molar-refractivity contribution is 0.0768. The van der Waals surface area contributed by atoms with Gasteiger partial charge in [-0.3, -0.25) is 9.59 Å². The Morgan fingerprint density at radius 2 is 1.45 bits per heavy atom. The van der Waals surface area contributed by atoms with Gasteiger partial charge in [0.05, 0.1) is 5.56 Å². The van der Waals surface area contributed by atoms with E-state index in [-0.39, 0.29) is 11.7 Å². The number of hydrogen-bond donors (Lipinski definition) is 0. The molecule has 0 N–H and O–H groups in total. The molecule has 1 amide bonds. The number of halogens is 1. The fourth-order valence-corrected chi connectivity index (χ4v) is 2.43. The van der Waals surface area contributed by atoms with E-state index >= 15 is 0 Å². The molecule has 0 unspecified atom stereocenters. The van der Waals surface area contributed by atoms with Gasteiger partial charge in [0, 0.05) is 29.2 Å². The molecule has 0 atom stereocenters. The Morgan fingerprint density at radius 1 is 0.909 bits per heavy atom. The fourth-order valence-electron chi connectivity index (χ4n) is 2.31. The number of benzene rings is 2. The molecule has 0 heterocycles. The largest absolute Gasteiger partial charge is 0.339 e. The summed E-state index contributed by atoms with van der Waals surface area (Å²) in [7, 11) is 0. The normalized spacial score (nSPS) is 10.3. The second kappa shape index (κ2) is 7.23. The number of nitrogens with zero attached hydrogens (tertiary/aromatic N) is 1. The second-order valence-electron chi connectivity index (χ2n) is 4.86. The van der Waals surface area contributed by atoms with Crippen LogP contribution in [0.15, 0.2) is 48.5 Å². The maximum atomic E-state index is 12.7.